The fraction of sp³-hybridized carbons (Fsp3) is 0.909. The lowest BCUT2D eigenvalue weighted by Crippen LogP contribution is -2.23. The summed E-state index contributed by atoms with van der Waals surface area (Å²) in [5.41, 5.74) is 5.60. The van der Waals surface area contributed by atoms with Crippen LogP contribution in [0.3, 0.4) is 0 Å². The van der Waals surface area contributed by atoms with E-state index in [4.69, 9.17) is 15.3 Å². The molecule has 0 bridgehead atoms. The number of aliphatic hydroxyl groups is 1. The number of nitrogens with zero attached hydrogens (tertiary/aromatic N) is 1. The van der Waals surface area contributed by atoms with E-state index < -0.39 is 6.10 Å². The molecule has 16 heavy (non-hydrogen) atoms. The largest absolute Gasteiger partial charge is 0.392 e. The molecule has 0 radical (unpaired) electrons. The van der Waals surface area contributed by atoms with Gasteiger partial charge < -0.3 is 20.4 Å². The van der Waals surface area contributed by atoms with Crippen LogP contribution >= 0.6 is 0 Å². The van der Waals surface area contributed by atoms with Gasteiger partial charge in [0.2, 0.25) is 0 Å². The molecule has 0 rings (SSSR count). The van der Waals surface area contributed by atoms with E-state index in [1.165, 1.54) is 0 Å². The van der Waals surface area contributed by atoms with E-state index in [1.54, 1.807) is 0 Å². The van der Waals surface area contributed by atoms with Crippen LogP contribution < -0.4 is 5.73 Å². The van der Waals surface area contributed by atoms with Crippen LogP contribution in [-0.2, 0) is 9.57 Å². The second kappa shape index (κ2) is 8.35. The van der Waals surface area contributed by atoms with Crippen LogP contribution in [0.2, 0.25) is 0 Å². The van der Waals surface area contributed by atoms with Crippen LogP contribution in [0.1, 0.15) is 34.1 Å². The van der Waals surface area contributed by atoms with Crippen molar-refractivity contribution in [3.05, 3.63) is 0 Å². The van der Waals surface area contributed by atoms with E-state index >= 15 is 0 Å². The fourth-order valence-corrected chi connectivity index (χ4v) is 1.01. The minimum Gasteiger partial charge on any atom is -0.392 e. The Bertz CT molecular complexity index is 205. The molecule has 0 saturated carbocycles. The van der Waals surface area contributed by atoms with Crippen molar-refractivity contribution >= 4 is 5.84 Å². The van der Waals surface area contributed by atoms with Gasteiger partial charge in [0.15, 0.2) is 0 Å². The molecule has 1 unspecified atom stereocenters. The first-order valence-corrected chi connectivity index (χ1v) is 5.65. The summed E-state index contributed by atoms with van der Waals surface area (Å²) in [5, 5.41) is 13.1. The Kier molecular flexibility index (Phi) is 7.93. The molecule has 3 N–H and O–H groups in total. The van der Waals surface area contributed by atoms with Gasteiger partial charge in [-0.2, -0.15) is 0 Å². The summed E-state index contributed by atoms with van der Waals surface area (Å²) in [5.74, 6) is 0.897. The van der Waals surface area contributed by atoms with Crippen molar-refractivity contribution in [2.24, 2.45) is 16.8 Å². The summed E-state index contributed by atoms with van der Waals surface area (Å²) in [6.07, 6.45) is 0.126. The third kappa shape index (κ3) is 9.73. The Balaban J connectivity index is 3.63. The minimum atomic E-state index is -0.669. The lowest BCUT2D eigenvalue weighted by Gasteiger charge is -2.12. The number of ether oxygens (including phenoxy) is 1. The second-order valence-corrected chi connectivity index (χ2v) is 4.51. The molecule has 0 aromatic heterocycles. The molecule has 5 heteroatoms. The molecule has 0 aliphatic heterocycles. The Morgan fingerprint density at radius 3 is 2.38 bits per heavy atom. The number of hydrogen-bond acceptors (Lipinski definition) is 4. The van der Waals surface area contributed by atoms with Gasteiger partial charge in [-0.1, -0.05) is 19.0 Å². The number of aliphatic hydroxyl groups excluding tert-OH is 1. The third-order valence-corrected chi connectivity index (χ3v) is 1.69. The monoisotopic (exact) mass is 232 g/mol. The Morgan fingerprint density at radius 1 is 1.25 bits per heavy atom. The van der Waals surface area contributed by atoms with Crippen LogP contribution in [0.5, 0.6) is 0 Å². The van der Waals surface area contributed by atoms with Gasteiger partial charge in [0, 0.05) is 6.42 Å². The molecule has 5 nitrogen and oxygen atoms in total. The summed E-state index contributed by atoms with van der Waals surface area (Å²) in [7, 11) is 0. The number of rotatable bonds is 8. The number of hydrogen-bond donors (Lipinski definition) is 2. The van der Waals surface area contributed by atoms with Crippen molar-refractivity contribution in [1.29, 1.82) is 0 Å². The van der Waals surface area contributed by atoms with Crippen LogP contribution in [0.4, 0.5) is 0 Å². The van der Waals surface area contributed by atoms with Crippen LogP contribution in [-0.4, -0.2) is 36.4 Å². The molecular formula is C11H24N2O3. The highest BCUT2D eigenvalue weighted by Gasteiger charge is 2.06. The van der Waals surface area contributed by atoms with Crippen molar-refractivity contribution < 1.29 is 14.7 Å². The molecule has 0 aromatic carbocycles. The highest BCUT2D eigenvalue weighted by Crippen LogP contribution is 1.99. The number of oxime groups is 1. The molecule has 0 fully saturated rings. The maximum absolute atomic E-state index is 9.43. The lowest BCUT2D eigenvalue weighted by atomic mass is 10.1. The molecule has 0 saturated heterocycles. The van der Waals surface area contributed by atoms with E-state index in [-0.39, 0.29) is 19.3 Å². The van der Waals surface area contributed by atoms with E-state index in [1.807, 2.05) is 27.7 Å². The van der Waals surface area contributed by atoms with E-state index in [0.717, 1.165) is 0 Å². The molecule has 0 heterocycles. The van der Waals surface area contributed by atoms with E-state index in [0.29, 0.717) is 18.2 Å². The lowest BCUT2D eigenvalue weighted by molar-refractivity contribution is -0.0348. The average Bonchev–Trinajstić information content (AvgIpc) is 2.13. The van der Waals surface area contributed by atoms with Gasteiger partial charge in [0.05, 0.1) is 12.7 Å². The van der Waals surface area contributed by atoms with E-state index in [9.17, 15) is 5.11 Å². The van der Waals surface area contributed by atoms with Gasteiger partial charge in [-0.05, 0) is 19.8 Å². The van der Waals surface area contributed by atoms with Crippen LogP contribution in [0.25, 0.3) is 0 Å². The predicted molar refractivity (Wildman–Crippen MR) is 64.1 cm³/mol. The zero-order valence-corrected chi connectivity index (χ0v) is 10.6. The molecule has 0 aliphatic rings. The van der Waals surface area contributed by atoms with Crippen molar-refractivity contribution in [2.45, 2.75) is 46.3 Å². The first-order valence-electron chi connectivity index (χ1n) is 5.65. The first-order chi connectivity index (χ1) is 7.41. The van der Waals surface area contributed by atoms with Gasteiger partial charge in [-0.15, -0.1) is 0 Å². The standard InChI is InChI=1S/C11H24N2O3/c1-8(2)5-11(12)13-16-7-10(14)6-15-9(3)4/h8-10,14H,5-7H2,1-4H3,(H2,12,13). The molecule has 96 valence electrons. The van der Waals surface area contributed by atoms with Crippen molar-refractivity contribution in [3.8, 4) is 0 Å². The summed E-state index contributed by atoms with van der Waals surface area (Å²) >= 11 is 0. The van der Waals surface area contributed by atoms with Gasteiger partial charge >= 0.3 is 0 Å². The number of amidine groups is 1. The topological polar surface area (TPSA) is 77.1 Å². The SMILES string of the molecule is CC(C)CC(N)=NOCC(O)COC(C)C. The van der Waals surface area contributed by atoms with E-state index in [2.05, 4.69) is 5.16 Å². The maximum Gasteiger partial charge on any atom is 0.145 e. The summed E-state index contributed by atoms with van der Waals surface area (Å²) in [6, 6.07) is 0. The number of nitrogens with two attached hydrogens (primary N) is 1. The third-order valence-electron chi connectivity index (χ3n) is 1.69. The molecule has 0 aromatic rings. The Morgan fingerprint density at radius 2 is 1.88 bits per heavy atom. The molecular weight excluding hydrogens is 208 g/mol. The predicted octanol–water partition coefficient (Wildman–Crippen LogP) is 1.11. The zero-order valence-electron chi connectivity index (χ0n) is 10.6. The highest BCUT2D eigenvalue weighted by atomic mass is 16.6. The summed E-state index contributed by atoms with van der Waals surface area (Å²) < 4.78 is 5.22. The second-order valence-electron chi connectivity index (χ2n) is 4.51. The zero-order chi connectivity index (χ0) is 12.6. The van der Waals surface area contributed by atoms with Gasteiger partial charge in [0.1, 0.15) is 18.5 Å². The van der Waals surface area contributed by atoms with Crippen molar-refractivity contribution in [1.82, 2.24) is 0 Å². The minimum absolute atomic E-state index is 0.101. The fourth-order valence-electron chi connectivity index (χ4n) is 1.01. The molecule has 0 aliphatic carbocycles. The first kappa shape index (κ1) is 15.2. The molecule has 0 amide bonds. The van der Waals surface area contributed by atoms with Gasteiger partial charge in [0.25, 0.3) is 0 Å². The van der Waals surface area contributed by atoms with Crippen molar-refractivity contribution in [2.75, 3.05) is 13.2 Å². The smallest absolute Gasteiger partial charge is 0.145 e. The average molecular weight is 232 g/mol. The molecule has 0 spiro atoms. The summed E-state index contributed by atoms with van der Waals surface area (Å²) in [6.45, 7) is 8.27. The molecule has 1 atom stereocenters. The van der Waals surface area contributed by atoms with Gasteiger partial charge in [-0.25, -0.2) is 0 Å². The highest BCUT2D eigenvalue weighted by molar-refractivity contribution is 5.79. The van der Waals surface area contributed by atoms with Crippen molar-refractivity contribution in [3.63, 3.8) is 0 Å². The van der Waals surface area contributed by atoms with Crippen LogP contribution in [0, 0.1) is 5.92 Å². The normalized spacial score (nSPS) is 14.6. The van der Waals surface area contributed by atoms with Gasteiger partial charge in [-0.3, -0.25) is 0 Å². The Hall–Kier alpha value is -0.810. The van der Waals surface area contributed by atoms with Crippen LogP contribution in [0.15, 0.2) is 5.16 Å². The quantitative estimate of drug-likeness (QED) is 0.373. The maximum atomic E-state index is 9.43. The summed E-state index contributed by atoms with van der Waals surface area (Å²) in [4.78, 5) is 4.92. The Labute approximate surface area is 97.6 Å².